The fourth-order valence-electron chi connectivity index (χ4n) is 3.16. The third kappa shape index (κ3) is 2.73. The second kappa shape index (κ2) is 5.61. The van der Waals surface area contributed by atoms with E-state index in [9.17, 15) is 0 Å². The van der Waals surface area contributed by atoms with Crippen molar-refractivity contribution < 1.29 is 0 Å². The fraction of sp³-hybridized carbons (Fsp3) is 0.467. The number of imidazole rings is 1. The summed E-state index contributed by atoms with van der Waals surface area (Å²) in [5, 5.41) is 6.43. The minimum absolute atomic E-state index is 0.568. The minimum atomic E-state index is 0.568. The van der Waals surface area contributed by atoms with Crippen LogP contribution in [0.15, 0.2) is 36.2 Å². The monoisotopic (exact) mass is 301 g/mol. The molecule has 0 aromatic carbocycles. The molecule has 1 aliphatic heterocycles. The zero-order chi connectivity index (χ0) is 14.1. The number of thiazole rings is 1. The van der Waals surface area contributed by atoms with Crippen LogP contribution in [0.2, 0.25) is 0 Å². The number of likely N-dealkylation sites (tertiary alicyclic amines) is 1. The van der Waals surface area contributed by atoms with E-state index in [1.54, 1.807) is 11.3 Å². The van der Waals surface area contributed by atoms with Crippen LogP contribution in [0, 0.1) is 0 Å². The molecule has 0 bridgehead atoms. The second-order valence-corrected chi connectivity index (χ2v) is 6.55. The van der Waals surface area contributed by atoms with E-state index < -0.39 is 0 Å². The Labute approximate surface area is 127 Å². The van der Waals surface area contributed by atoms with Crippen molar-refractivity contribution in [3.8, 4) is 0 Å². The third-order valence-electron chi connectivity index (χ3n) is 4.21. The summed E-state index contributed by atoms with van der Waals surface area (Å²) in [5.74, 6) is 0. The molecule has 4 heterocycles. The topological polar surface area (TPSA) is 38.4 Å². The maximum atomic E-state index is 4.72. The van der Waals surface area contributed by atoms with Crippen LogP contribution in [0.4, 0.5) is 0 Å². The van der Waals surface area contributed by atoms with Crippen molar-refractivity contribution in [1.29, 1.82) is 0 Å². The first-order valence-corrected chi connectivity index (χ1v) is 8.39. The molecular weight excluding hydrogens is 282 g/mol. The maximum absolute atomic E-state index is 4.72. The summed E-state index contributed by atoms with van der Waals surface area (Å²) in [5.41, 5.74) is 1.18. The molecule has 0 aliphatic carbocycles. The van der Waals surface area contributed by atoms with Crippen molar-refractivity contribution in [2.24, 2.45) is 0 Å². The van der Waals surface area contributed by atoms with Crippen LogP contribution < -0.4 is 0 Å². The van der Waals surface area contributed by atoms with Crippen LogP contribution >= 0.6 is 11.3 Å². The molecular formula is C15H19N5S. The lowest BCUT2D eigenvalue weighted by Gasteiger charge is -2.35. The van der Waals surface area contributed by atoms with Gasteiger partial charge < -0.3 is 0 Å². The smallest absolute Gasteiger partial charge is 0.193 e. The van der Waals surface area contributed by atoms with Crippen LogP contribution in [0.25, 0.3) is 4.96 Å². The molecule has 0 amide bonds. The Hall–Kier alpha value is -1.66. The molecule has 4 rings (SSSR count). The van der Waals surface area contributed by atoms with Crippen molar-refractivity contribution in [3.05, 3.63) is 41.9 Å². The Morgan fingerprint density at radius 2 is 2.29 bits per heavy atom. The third-order valence-corrected chi connectivity index (χ3v) is 4.99. The van der Waals surface area contributed by atoms with Crippen molar-refractivity contribution in [2.45, 2.75) is 38.4 Å². The Morgan fingerprint density at radius 1 is 1.29 bits per heavy atom. The van der Waals surface area contributed by atoms with E-state index in [0.29, 0.717) is 6.04 Å². The average molecular weight is 301 g/mol. The summed E-state index contributed by atoms with van der Waals surface area (Å²) < 4.78 is 4.17. The number of fused-ring (bicyclic) bond motifs is 1. The molecule has 0 spiro atoms. The second-order valence-electron chi connectivity index (χ2n) is 5.67. The number of piperidine rings is 1. The SMILES string of the molecule is c1cnn(C[C@@H]2CCCCN2Cc2cn3ccsc3n2)c1. The number of rotatable bonds is 4. The first-order chi connectivity index (χ1) is 10.4. The lowest BCUT2D eigenvalue weighted by Crippen LogP contribution is -2.41. The Kier molecular flexibility index (Phi) is 3.48. The van der Waals surface area contributed by atoms with E-state index in [-0.39, 0.29) is 0 Å². The van der Waals surface area contributed by atoms with Gasteiger partial charge in [-0.1, -0.05) is 6.42 Å². The van der Waals surface area contributed by atoms with E-state index in [1.807, 2.05) is 12.3 Å². The number of hydrogen-bond donors (Lipinski definition) is 0. The van der Waals surface area contributed by atoms with Crippen molar-refractivity contribution in [2.75, 3.05) is 6.54 Å². The normalized spacial score (nSPS) is 20.3. The van der Waals surface area contributed by atoms with Crippen molar-refractivity contribution >= 4 is 16.3 Å². The van der Waals surface area contributed by atoms with Crippen LogP contribution in [0.3, 0.4) is 0 Å². The van der Waals surface area contributed by atoms with Crippen molar-refractivity contribution in [3.63, 3.8) is 0 Å². The highest BCUT2D eigenvalue weighted by atomic mass is 32.1. The summed E-state index contributed by atoms with van der Waals surface area (Å²) in [6.07, 6.45) is 12.0. The molecule has 0 radical (unpaired) electrons. The summed E-state index contributed by atoms with van der Waals surface area (Å²) in [6.45, 7) is 3.09. The lowest BCUT2D eigenvalue weighted by molar-refractivity contribution is 0.120. The molecule has 6 heteroatoms. The zero-order valence-electron chi connectivity index (χ0n) is 11.9. The molecule has 1 fully saturated rings. The molecule has 110 valence electrons. The van der Waals surface area contributed by atoms with E-state index in [4.69, 9.17) is 4.98 Å². The molecule has 5 nitrogen and oxygen atoms in total. The first-order valence-electron chi connectivity index (χ1n) is 7.51. The van der Waals surface area contributed by atoms with Crippen LogP contribution in [-0.4, -0.2) is 36.7 Å². The molecule has 0 N–H and O–H groups in total. The van der Waals surface area contributed by atoms with Gasteiger partial charge in [0.1, 0.15) is 0 Å². The fourth-order valence-corrected chi connectivity index (χ4v) is 3.88. The molecule has 21 heavy (non-hydrogen) atoms. The van der Waals surface area contributed by atoms with Gasteiger partial charge in [-0.05, 0) is 25.5 Å². The standard InChI is InChI=1S/C15H19N5S/c1-2-6-18(14(4-1)12-20-7-3-5-16-20)10-13-11-19-8-9-21-15(19)17-13/h3,5,7-9,11,14H,1-2,4,6,10,12H2/t14-/m0/s1. The number of nitrogens with zero attached hydrogens (tertiary/aromatic N) is 5. The molecule has 0 saturated carbocycles. The van der Waals surface area contributed by atoms with E-state index >= 15 is 0 Å². The molecule has 1 saturated heterocycles. The van der Waals surface area contributed by atoms with Crippen LogP contribution in [0.5, 0.6) is 0 Å². The van der Waals surface area contributed by atoms with E-state index in [2.05, 4.69) is 43.1 Å². The van der Waals surface area contributed by atoms with Gasteiger partial charge in [0.15, 0.2) is 4.96 Å². The summed E-state index contributed by atoms with van der Waals surface area (Å²) in [7, 11) is 0. The number of hydrogen-bond acceptors (Lipinski definition) is 4. The van der Waals surface area contributed by atoms with Gasteiger partial charge >= 0.3 is 0 Å². The summed E-state index contributed by atoms with van der Waals surface area (Å²) in [4.78, 5) is 8.37. The Balaban J connectivity index is 1.49. The molecule has 1 aliphatic rings. The summed E-state index contributed by atoms with van der Waals surface area (Å²) in [6, 6.07) is 2.56. The van der Waals surface area contributed by atoms with Gasteiger partial charge in [-0.25, -0.2) is 4.98 Å². The van der Waals surface area contributed by atoms with Gasteiger partial charge in [0.2, 0.25) is 0 Å². The molecule has 3 aromatic rings. The average Bonchev–Trinajstić information content (AvgIpc) is 3.17. The molecule has 3 aromatic heterocycles. The summed E-state index contributed by atoms with van der Waals surface area (Å²) >= 11 is 1.69. The quantitative estimate of drug-likeness (QED) is 0.743. The van der Waals surface area contributed by atoms with Gasteiger partial charge in [-0.3, -0.25) is 14.0 Å². The molecule has 0 unspecified atom stereocenters. The Bertz CT molecular complexity index is 670. The van der Waals surface area contributed by atoms with Crippen LogP contribution in [-0.2, 0) is 13.1 Å². The van der Waals surface area contributed by atoms with E-state index in [0.717, 1.165) is 24.6 Å². The van der Waals surface area contributed by atoms with Gasteiger partial charge in [-0.15, -0.1) is 11.3 Å². The zero-order valence-corrected chi connectivity index (χ0v) is 12.7. The highest BCUT2D eigenvalue weighted by Crippen LogP contribution is 2.21. The van der Waals surface area contributed by atoms with Gasteiger partial charge in [0.25, 0.3) is 0 Å². The van der Waals surface area contributed by atoms with Gasteiger partial charge in [0, 0.05) is 42.8 Å². The highest BCUT2D eigenvalue weighted by molar-refractivity contribution is 7.15. The highest BCUT2D eigenvalue weighted by Gasteiger charge is 2.23. The van der Waals surface area contributed by atoms with Gasteiger partial charge in [-0.2, -0.15) is 5.10 Å². The van der Waals surface area contributed by atoms with Gasteiger partial charge in [0.05, 0.1) is 12.2 Å². The maximum Gasteiger partial charge on any atom is 0.193 e. The van der Waals surface area contributed by atoms with Crippen LogP contribution in [0.1, 0.15) is 25.0 Å². The Morgan fingerprint density at radius 3 is 3.14 bits per heavy atom. The van der Waals surface area contributed by atoms with Crippen molar-refractivity contribution in [1.82, 2.24) is 24.1 Å². The van der Waals surface area contributed by atoms with E-state index in [1.165, 1.54) is 25.0 Å². The predicted octanol–water partition coefficient (Wildman–Crippen LogP) is 2.65. The molecule has 1 atom stereocenters. The lowest BCUT2D eigenvalue weighted by atomic mass is 10.0. The first kappa shape index (κ1) is 13.0. The number of aromatic nitrogens is 4. The predicted molar refractivity (Wildman–Crippen MR) is 83.3 cm³/mol. The largest absolute Gasteiger partial charge is 0.297 e. The minimum Gasteiger partial charge on any atom is -0.297 e.